The van der Waals surface area contributed by atoms with Crippen molar-refractivity contribution in [1.82, 2.24) is 24.5 Å². The van der Waals surface area contributed by atoms with Crippen LogP contribution >= 0.6 is 11.6 Å². The van der Waals surface area contributed by atoms with E-state index in [-0.39, 0.29) is 12.5 Å². The van der Waals surface area contributed by atoms with Crippen LogP contribution in [-0.2, 0) is 17.9 Å². The van der Waals surface area contributed by atoms with E-state index in [0.29, 0.717) is 23.0 Å². The molecule has 5 rings (SSSR count). The van der Waals surface area contributed by atoms with Crippen LogP contribution in [0.3, 0.4) is 0 Å². The van der Waals surface area contributed by atoms with Crippen molar-refractivity contribution in [3.8, 4) is 11.1 Å². The third-order valence-electron chi connectivity index (χ3n) is 5.66. The molecule has 0 aliphatic carbocycles. The molecule has 170 valence electrons. The van der Waals surface area contributed by atoms with Crippen LogP contribution in [0.25, 0.3) is 22.2 Å². The van der Waals surface area contributed by atoms with E-state index in [4.69, 9.17) is 11.6 Å². The molecule has 0 saturated carbocycles. The van der Waals surface area contributed by atoms with Crippen LogP contribution in [0.5, 0.6) is 0 Å². The van der Waals surface area contributed by atoms with Crippen molar-refractivity contribution in [2.45, 2.75) is 26.9 Å². The number of fused-ring (bicyclic) bond motifs is 1. The number of aromatic nitrogens is 5. The number of aryl methyl sites for hydroxylation is 2. The number of carbonyl (C=O) groups excluding carboxylic acids is 1. The van der Waals surface area contributed by atoms with Gasteiger partial charge < -0.3 is 5.32 Å². The highest BCUT2D eigenvalue weighted by atomic mass is 35.5. The normalized spacial score (nSPS) is 11.1. The zero-order valence-corrected chi connectivity index (χ0v) is 19.6. The third kappa shape index (κ3) is 4.43. The van der Waals surface area contributed by atoms with E-state index in [1.54, 1.807) is 21.6 Å². The first-order chi connectivity index (χ1) is 16.5. The molecular formula is C26H23ClN6O. The summed E-state index contributed by atoms with van der Waals surface area (Å²) in [7, 11) is 0. The summed E-state index contributed by atoms with van der Waals surface area (Å²) in [4.78, 5) is 17.3. The van der Waals surface area contributed by atoms with Crippen molar-refractivity contribution in [1.29, 1.82) is 0 Å². The van der Waals surface area contributed by atoms with E-state index < -0.39 is 0 Å². The number of anilines is 1. The Morgan fingerprint density at radius 2 is 1.79 bits per heavy atom. The second-order valence-corrected chi connectivity index (χ2v) is 8.61. The lowest BCUT2D eigenvalue weighted by molar-refractivity contribution is -0.116. The molecule has 0 spiro atoms. The Kier molecular flexibility index (Phi) is 5.86. The minimum Gasteiger partial charge on any atom is -0.308 e. The summed E-state index contributed by atoms with van der Waals surface area (Å²) in [5, 5.41) is 13.5. The first-order valence-electron chi connectivity index (χ1n) is 10.9. The maximum absolute atomic E-state index is 12.8. The summed E-state index contributed by atoms with van der Waals surface area (Å²) < 4.78 is 3.37. The molecule has 0 saturated heterocycles. The lowest BCUT2D eigenvalue weighted by atomic mass is 10.0. The van der Waals surface area contributed by atoms with Crippen LogP contribution in [0.2, 0.25) is 5.02 Å². The fourth-order valence-corrected chi connectivity index (χ4v) is 4.20. The third-order valence-corrected chi connectivity index (χ3v) is 6.03. The topological polar surface area (TPSA) is 77.6 Å². The Labute approximate surface area is 202 Å². The van der Waals surface area contributed by atoms with Crippen molar-refractivity contribution >= 4 is 34.4 Å². The van der Waals surface area contributed by atoms with Gasteiger partial charge in [0, 0.05) is 28.9 Å². The highest BCUT2D eigenvalue weighted by Gasteiger charge is 2.16. The van der Waals surface area contributed by atoms with Crippen LogP contribution in [0.4, 0.5) is 5.82 Å². The summed E-state index contributed by atoms with van der Waals surface area (Å²) >= 11 is 6.24. The average molecular weight is 471 g/mol. The molecule has 0 aliphatic heterocycles. The SMILES string of the molecule is Cc1ccc(-c2ccnc3c2c(C)nn3CC(=O)Nc2ccn(Cc3ccccc3Cl)n2)cc1. The van der Waals surface area contributed by atoms with Gasteiger partial charge in [0.25, 0.3) is 0 Å². The molecular weight excluding hydrogens is 448 g/mol. The molecule has 0 aliphatic rings. The van der Waals surface area contributed by atoms with E-state index in [2.05, 4.69) is 51.7 Å². The molecule has 3 aromatic heterocycles. The molecule has 5 aromatic rings. The summed E-state index contributed by atoms with van der Waals surface area (Å²) in [5.74, 6) is 0.244. The zero-order chi connectivity index (χ0) is 23.7. The number of benzene rings is 2. The molecule has 0 fully saturated rings. The molecule has 0 atom stereocenters. The van der Waals surface area contributed by atoms with E-state index in [9.17, 15) is 4.79 Å². The average Bonchev–Trinajstić information content (AvgIpc) is 3.39. The zero-order valence-electron chi connectivity index (χ0n) is 18.9. The van der Waals surface area contributed by atoms with Gasteiger partial charge in [0.2, 0.25) is 5.91 Å². The lowest BCUT2D eigenvalue weighted by Crippen LogP contribution is -2.20. The van der Waals surface area contributed by atoms with Gasteiger partial charge in [-0.25, -0.2) is 9.67 Å². The second kappa shape index (κ2) is 9.11. The number of carbonyl (C=O) groups is 1. The molecule has 1 amide bonds. The molecule has 0 unspecified atom stereocenters. The van der Waals surface area contributed by atoms with Crippen LogP contribution in [0, 0.1) is 13.8 Å². The highest BCUT2D eigenvalue weighted by molar-refractivity contribution is 6.31. The van der Waals surface area contributed by atoms with Gasteiger partial charge in [-0.1, -0.05) is 59.6 Å². The molecule has 0 bridgehead atoms. The minimum atomic E-state index is -0.227. The smallest absolute Gasteiger partial charge is 0.247 e. The monoisotopic (exact) mass is 470 g/mol. The Bertz CT molecular complexity index is 1490. The van der Waals surface area contributed by atoms with Gasteiger partial charge in [0.15, 0.2) is 11.5 Å². The maximum atomic E-state index is 12.8. The highest BCUT2D eigenvalue weighted by Crippen LogP contribution is 2.30. The Balaban J connectivity index is 1.34. The Morgan fingerprint density at radius 3 is 2.59 bits per heavy atom. The number of pyridine rings is 1. The van der Waals surface area contributed by atoms with Gasteiger partial charge >= 0.3 is 0 Å². The summed E-state index contributed by atoms with van der Waals surface area (Å²) in [6, 6.07) is 19.7. The fraction of sp³-hybridized carbons (Fsp3) is 0.154. The van der Waals surface area contributed by atoms with E-state index in [0.717, 1.165) is 27.8 Å². The maximum Gasteiger partial charge on any atom is 0.247 e. The van der Waals surface area contributed by atoms with Crippen molar-refractivity contribution in [2.24, 2.45) is 0 Å². The first-order valence-corrected chi connectivity index (χ1v) is 11.3. The predicted octanol–water partition coefficient (Wildman–Crippen LogP) is 5.25. The number of rotatable bonds is 6. The number of hydrogen-bond acceptors (Lipinski definition) is 4. The molecule has 8 heteroatoms. The van der Waals surface area contributed by atoms with Crippen LogP contribution in [0.1, 0.15) is 16.8 Å². The van der Waals surface area contributed by atoms with Gasteiger partial charge in [-0.15, -0.1) is 0 Å². The van der Waals surface area contributed by atoms with Crippen molar-refractivity contribution in [3.63, 3.8) is 0 Å². The number of amides is 1. The molecule has 7 nitrogen and oxygen atoms in total. The summed E-state index contributed by atoms with van der Waals surface area (Å²) in [6.45, 7) is 4.55. The van der Waals surface area contributed by atoms with E-state index in [1.807, 2.05) is 43.5 Å². The van der Waals surface area contributed by atoms with Crippen molar-refractivity contribution < 1.29 is 4.79 Å². The lowest BCUT2D eigenvalue weighted by Gasteiger charge is -2.06. The van der Waals surface area contributed by atoms with Crippen LogP contribution in [0.15, 0.2) is 73.1 Å². The Morgan fingerprint density at radius 1 is 1.00 bits per heavy atom. The molecule has 2 aromatic carbocycles. The number of halogens is 1. The van der Waals surface area contributed by atoms with Gasteiger partial charge in [-0.2, -0.15) is 10.2 Å². The molecule has 0 radical (unpaired) electrons. The largest absolute Gasteiger partial charge is 0.308 e. The molecule has 3 heterocycles. The first kappa shape index (κ1) is 21.9. The predicted molar refractivity (Wildman–Crippen MR) is 134 cm³/mol. The van der Waals surface area contributed by atoms with Gasteiger partial charge in [0.05, 0.1) is 12.2 Å². The number of hydrogen-bond donors (Lipinski definition) is 1. The minimum absolute atomic E-state index is 0.0338. The number of nitrogens with one attached hydrogen (secondary N) is 1. The fourth-order valence-electron chi connectivity index (χ4n) is 4.00. The quantitative estimate of drug-likeness (QED) is 0.367. The van der Waals surface area contributed by atoms with Crippen LogP contribution in [-0.4, -0.2) is 30.5 Å². The summed E-state index contributed by atoms with van der Waals surface area (Å²) in [6.07, 6.45) is 3.56. The van der Waals surface area contributed by atoms with Gasteiger partial charge in [0.1, 0.15) is 6.54 Å². The second-order valence-electron chi connectivity index (χ2n) is 8.20. The Hall–Kier alpha value is -3.97. The number of nitrogens with zero attached hydrogens (tertiary/aromatic N) is 5. The van der Waals surface area contributed by atoms with Crippen molar-refractivity contribution in [2.75, 3.05) is 5.32 Å². The van der Waals surface area contributed by atoms with E-state index in [1.165, 1.54) is 5.56 Å². The van der Waals surface area contributed by atoms with Gasteiger partial charge in [-0.05, 0) is 42.7 Å². The van der Waals surface area contributed by atoms with Crippen molar-refractivity contribution in [3.05, 3.63) is 94.9 Å². The molecule has 34 heavy (non-hydrogen) atoms. The van der Waals surface area contributed by atoms with Gasteiger partial charge in [-0.3, -0.25) is 9.48 Å². The summed E-state index contributed by atoms with van der Waals surface area (Å²) in [5.41, 5.74) is 5.80. The van der Waals surface area contributed by atoms with Crippen LogP contribution < -0.4 is 5.32 Å². The molecule has 1 N–H and O–H groups in total. The van der Waals surface area contributed by atoms with E-state index >= 15 is 0 Å². The standard InChI is InChI=1S/C26H23ClN6O/c1-17-7-9-19(10-8-17)21-11-13-28-26-25(21)18(2)30-33(26)16-24(34)29-23-12-14-32(31-23)15-20-5-3-4-6-22(20)27/h3-14H,15-16H2,1-2H3,(H,29,31,34).